The Balaban J connectivity index is 1.55. The highest BCUT2D eigenvalue weighted by molar-refractivity contribution is 6.03. The number of amides is 4. The molecule has 1 aliphatic heterocycles. The molecule has 0 spiro atoms. The van der Waals surface area contributed by atoms with Crippen LogP contribution in [-0.4, -0.2) is 48.2 Å². The number of imide groups is 1. The van der Waals surface area contributed by atoms with Crippen molar-refractivity contribution < 1.29 is 19.2 Å². The molecule has 1 atom stereocenters. The molecule has 1 aliphatic carbocycles. The minimum absolute atomic E-state index is 0.0118. The quantitative estimate of drug-likeness (QED) is 0.327. The molecule has 1 saturated carbocycles. The van der Waals surface area contributed by atoms with Crippen molar-refractivity contribution in [3.8, 4) is 0 Å². The van der Waals surface area contributed by atoms with Crippen molar-refractivity contribution in [2.45, 2.75) is 98.8 Å². The highest BCUT2D eigenvalue weighted by Crippen LogP contribution is 2.33. The maximum Gasteiger partial charge on any atom is 0.233 e. The highest BCUT2D eigenvalue weighted by Gasteiger charge is 2.41. The maximum absolute atomic E-state index is 12.5. The van der Waals surface area contributed by atoms with Gasteiger partial charge in [0.1, 0.15) is 0 Å². The predicted molar refractivity (Wildman–Crippen MR) is 134 cm³/mol. The summed E-state index contributed by atoms with van der Waals surface area (Å²) in [5.74, 6) is 0.534. The molecular formula is C27H47N3O4. The summed E-state index contributed by atoms with van der Waals surface area (Å²) in [7, 11) is 0. The zero-order chi connectivity index (χ0) is 25.3. The summed E-state index contributed by atoms with van der Waals surface area (Å²) in [4.78, 5) is 50.7. The van der Waals surface area contributed by atoms with E-state index in [1.807, 2.05) is 13.8 Å². The second-order valence-electron chi connectivity index (χ2n) is 11.9. The lowest BCUT2D eigenvalue weighted by atomic mass is 9.81. The SMILES string of the molecule is CC(C)C1CC(=O)N(CC2CCC(C(=O)NCCCCCC(=O)NCCC(C)(C)C)CC2)C1=O. The standard InChI is InChI=1S/C27H47N3O4/c1-19(2)22-17-24(32)30(26(22)34)18-20-10-12-21(13-11-20)25(33)29-15-8-6-7-9-23(31)28-16-14-27(3,4)5/h19-22H,6-18H2,1-5H3,(H,28,31)(H,29,33). The molecule has 194 valence electrons. The normalized spacial score (nSPS) is 23.5. The summed E-state index contributed by atoms with van der Waals surface area (Å²) in [6.45, 7) is 12.4. The molecule has 7 heteroatoms. The van der Waals surface area contributed by atoms with Crippen molar-refractivity contribution in [2.24, 2.45) is 29.1 Å². The van der Waals surface area contributed by atoms with Crippen LogP contribution in [0.1, 0.15) is 98.8 Å². The van der Waals surface area contributed by atoms with E-state index >= 15 is 0 Å². The minimum atomic E-state index is -0.169. The van der Waals surface area contributed by atoms with Gasteiger partial charge in [0.25, 0.3) is 0 Å². The first-order valence-electron chi connectivity index (χ1n) is 13.4. The molecule has 7 nitrogen and oxygen atoms in total. The minimum Gasteiger partial charge on any atom is -0.356 e. The van der Waals surface area contributed by atoms with Crippen LogP contribution in [0.4, 0.5) is 0 Å². The summed E-state index contributed by atoms with van der Waals surface area (Å²) in [6.07, 6.45) is 7.90. The number of carbonyl (C=O) groups is 4. The number of likely N-dealkylation sites (tertiary alicyclic amines) is 1. The predicted octanol–water partition coefficient (Wildman–Crippen LogP) is 4.05. The molecule has 34 heavy (non-hydrogen) atoms. The van der Waals surface area contributed by atoms with Crippen LogP contribution in [0.2, 0.25) is 0 Å². The van der Waals surface area contributed by atoms with Gasteiger partial charge in [-0.05, 0) is 62.2 Å². The van der Waals surface area contributed by atoms with Crippen LogP contribution >= 0.6 is 0 Å². The molecule has 1 unspecified atom stereocenters. The Hall–Kier alpha value is -1.92. The number of nitrogens with zero attached hydrogens (tertiary/aromatic N) is 1. The summed E-state index contributed by atoms with van der Waals surface area (Å²) in [6, 6.07) is 0. The first kappa shape index (κ1) is 28.3. The number of unbranched alkanes of at least 4 members (excludes halogenated alkanes) is 2. The van der Waals surface area contributed by atoms with E-state index in [4.69, 9.17) is 0 Å². The van der Waals surface area contributed by atoms with Crippen LogP contribution in [0.3, 0.4) is 0 Å². The van der Waals surface area contributed by atoms with Crippen molar-refractivity contribution >= 4 is 23.6 Å². The molecule has 0 radical (unpaired) electrons. The third-order valence-corrected chi connectivity index (χ3v) is 7.32. The van der Waals surface area contributed by atoms with Crippen LogP contribution in [0.15, 0.2) is 0 Å². The Morgan fingerprint density at radius 2 is 1.65 bits per heavy atom. The van der Waals surface area contributed by atoms with E-state index in [-0.39, 0.29) is 46.8 Å². The Kier molecular flexibility index (Phi) is 11.0. The second kappa shape index (κ2) is 13.2. The number of hydrogen-bond donors (Lipinski definition) is 2. The molecule has 0 aromatic heterocycles. The van der Waals surface area contributed by atoms with Crippen molar-refractivity contribution in [3.63, 3.8) is 0 Å². The smallest absolute Gasteiger partial charge is 0.233 e. The Morgan fingerprint density at radius 1 is 0.971 bits per heavy atom. The van der Waals surface area contributed by atoms with Gasteiger partial charge in [-0.2, -0.15) is 0 Å². The first-order chi connectivity index (χ1) is 16.0. The third-order valence-electron chi connectivity index (χ3n) is 7.32. The van der Waals surface area contributed by atoms with Crippen molar-refractivity contribution in [2.75, 3.05) is 19.6 Å². The van der Waals surface area contributed by atoms with E-state index in [1.54, 1.807) is 0 Å². The molecule has 1 saturated heterocycles. The van der Waals surface area contributed by atoms with Crippen LogP contribution in [0.25, 0.3) is 0 Å². The largest absolute Gasteiger partial charge is 0.356 e. The highest BCUT2D eigenvalue weighted by atomic mass is 16.2. The first-order valence-corrected chi connectivity index (χ1v) is 13.4. The van der Waals surface area contributed by atoms with Crippen molar-refractivity contribution in [1.29, 1.82) is 0 Å². The van der Waals surface area contributed by atoms with Gasteiger partial charge < -0.3 is 10.6 Å². The average Bonchev–Trinajstić information content (AvgIpc) is 3.04. The molecular weight excluding hydrogens is 430 g/mol. The fourth-order valence-electron chi connectivity index (χ4n) is 4.90. The molecule has 0 aromatic rings. The fraction of sp³-hybridized carbons (Fsp3) is 0.852. The Morgan fingerprint density at radius 3 is 2.24 bits per heavy atom. The van der Waals surface area contributed by atoms with Gasteiger partial charge in [-0.1, -0.05) is 41.0 Å². The number of hydrogen-bond acceptors (Lipinski definition) is 4. The summed E-state index contributed by atoms with van der Waals surface area (Å²) >= 11 is 0. The van der Waals surface area contributed by atoms with Crippen molar-refractivity contribution in [1.82, 2.24) is 15.5 Å². The zero-order valence-corrected chi connectivity index (χ0v) is 22.1. The van der Waals surface area contributed by atoms with Crippen LogP contribution in [0, 0.1) is 29.1 Å². The van der Waals surface area contributed by atoms with E-state index < -0.39 is 0 Å². The van der Waals surface area contributed by atoms with E-state index in [0.29, 0.717) is 31.8 Å². The van der Waals surface area contributed by atoms with E-state index in [2.05, 4.69) is 31.4 Å². The zero-order valence-electron chi connectivity index (χ0n) is 22.1. The maximum atomic E-state index is 12.5. The van der Waals surface area contributed by atoms with E-state index in [1.165, 1.54) is 4.90 Å². The fourth-order valence-corrected chi connectivity index (χ4v) is 4.90. The average molecular weight is 478 g/mol. The molecule has 2 aliphatic rings. The van der Waals surface area contributed by atoms with Crippen LogP contribution in [0.5, 0.6) is 0 Å². The summed E-state index contributed by atoms with van der Waals surface area (Å²) in [5, 5.41) is 6.03. The third kappa shape index (κ3) is 9.38. The Labute approximate surface area is 206 Å². The van der Waals surface area contributed by atoms with Gasteiger partial charge in [0.15, 0.2) is 0 Å². The van der Waals surface area contributed by atoms with Gasteiger partial charge in [0.2, 0.25) is 23.6 Å². The van der Waals surface area contributed by atoms with Gasteiger partial charge in [-0.25, -0.2) is 0 Å². The lowest BCUT2D eigenvalue weighted by molar-refractivity contribution is -0.141. The second-order valence-corrected chi connectivity index (χ2v) is 11.9. The Bertz CT molecular complexity index is 705. The van der Waals surface area contributed by atoms with E-state index in [9.17, 15) is 19.2 Å². The van der Waals surface area contributed by atoms with Gasteiger partial charge in [0, 0.05) is 44.3 Å². The molecule has 0 aromatic carbocycles. The molecule has 2 N–H and O–H groups in total. The topological polar surface area (TPSA) is 95.6 Å². The number of rotatable bonds is 12. The number of nitrogens with one attached hydrogen (secondary N) is 2. The molecule has 1 heterocycles. The lowest BCUT2D eigenvalue weighted by Gasteiger charge is -2.30. The summed E-state index contributed by atoms with van der Waals surface area (Å²) in [5.41, 5.74) is 0.230. The molecule has 2 rings (SSSR count). The van der Waals surface area contributed by atoms with Gasteiger partial charge in [0.05, 0.1) is 0 Å². The lowest BCUT2D eigenvalue weighted by Crippen LogP contribution is -2.39. The van der Waals surface area contributed by atoms with Crippen LogP contribution < -0.4 is 10.6 Å². The number of carbonyl (C=O) groups excluding carboxylic acids is 4. The summed E-state index contributed by atoms with van der Waals surface area (Å²) < 4.78 is 0. The van der Waals surface area contributed by atoms with E-state index in [0.717, 1.165) is 57.9 Å². The molecule has 2 fully saturated rings. The molecule has 0 bridgehead atoms. The van der Waals surface area contributed by atoms with Crippen LogP contribution in [-0.2, 0) is 19.2 Å². The van der Waals surface area contributed by atoms with Gasteiger partial charge >= 0.3 is 0 Å². The monoisotopic (exact) mass is 477 g/mol. The molecule has 4 amide bonds. The van der Waals surface area contributed by atoms with Crippen molar-refractivity contribution in [3.05, 3.63) is 0 Å². The van der Waals surface area contributed by atoms with Gasteiger partial charge in [-0.3, -0.25) is 24.1 Å². The van der Waals surface area contributed by atoms with Gasteiger partial charge in [-0.15, -0.1) is 0 Å².